The van der Waals surface area contributed by atoms with Crippen molar-refractivity contribution in [3.05, 3.63) is 18.0 Å². The van der Waals surface area contributed by atoms with Crippen LogP contribution in [0.15, 0.2) is 12.4 Å². The molecule has 2 amide bonds. The van der Waals surface area contributed by atoms with Gasteiger partial charge in [0, 0.05) is 26.8 Å². The number of hydrogen-bond acceptors (Lipinski definition) is 4. The van der Waals surface area contributed by atoms with Gasteiger partial charge in [0.2, 0.25) is 0 Å². The topological polar surface area (TPSA) is 76.5 Å². The quantitative estimate of drug-likeness (QED) is 0.733. The van der Waals surface area contributed by atoms with Gasteiger partial charge in [-0.25, -0.2) is 0 Å². The molecule has 2 heterocycles. The monoisotopic (exact) mass is 252 g/mol. The number of amides is 2. The molecule has 1 aliphatic rings. The smallest absolute Gasteiger partial charge is 0.257 e. The van der Waals surface area contributed by atoms with Gasteiger partial charge in [-0.05, 0) is 0 Å². The number of carbonyl (C=O) groups is 2. The van der Waals surface area contributed by atoms with Crippen LogP contribution in [0, 0.1) is 0 Å². The SMILES string of the molecule is CNC(=O)[C@@H]1CN(C(=O)c2cnn(C)c2)CCO1. The van der Waals surface area contributed by atoms with Crippen molar-refractivity contribution >= 4 is 11.8 Å². The highest BCUT2D eigenvalue weighted by Gasteiger charge is 2.29. The summed E-state index contributed by atoms with van der Waals surface area (Å²) in [5.41, 5.74) is 0.523. The van der Waals surface area contributed by atoms with Crippen molar-refractivity contribution in [1.29, 1.82) is 0 Å². The van der Waals surface area contributed by atoms with E-state index in [2.05, 4.69) is 10.4 Å². The first-order valence-electron chi connectivity index (χ1n) is 5.73. The van der Waals surface area contributed by atoms with E-state index >= 15 is 0 Å². The highest BCUT2D eigenvalue weighted by atomic mass is 16.5. The number of aromatic nitrogens is 2. The number of aryl methyl sites for hydroxylation is 1. The van der Waals surface area contributed by atoms with Gasteiger partial charge >= 0.3 is 0 Å². The Kier molecular flexibility index (Phi) is 3.61. The van der Waals surface area contributed by atoms with Crippen LogP contribution in [-0.4, -0.2) is 59.3 Å². The molecule has 0 unspecified atom stereocenters. The van der Waals surface area contributed by atoms with E-state index in [1.807, 2.05) is 0 Å². The normalized spacial score (nSPS) is 19.7. The van der Waals surface area contributed by atoms with Gasteiger partial charge < -0.3 is 15.0 Å². The first-order chi connectivity index (χ1) is 8.61. The van der Waals surface area contributed by atoms with Crippen LogP contribution in [0.4, 0.5) is 0 Å². The van der Waals surface area contributed by atoms with Crippen molar-refractivity contribution < 1.29 is 14.3 Å². The molecule has 18 heavy (non-hydrogen) atoms. The fourth-order valence-corrected chi connectivity index (χ4v) is 1.87. The molecule has 1 saturated heterocycles. The molecular formula is C11H16N4O3. The minimum Gasteiger partial charge on any atom is -0.365 e. The predicted octanol–water partition coefficient (Wildman–Crippen LogP) is -0.993. The Morgan fingerprint density at radius 1 is 1.56 bits per heavy atom. The minimum absolute atomic E-state index is 0.125. The first-order valence-corrected chi connectivity index (χ1v) is 5.73. The Balaban J connectivity index is 2.05. The van der Waals surface area contributed by atoms with Crippen LogP contribution >= 0.6 is 0 Å². The van der Waals surface area contributed by atoms with Crippen molar-refractivity contribution in [2.24, 2.45) is 7.05 Å². The minimum atomic E-state index is -0.593. The summed E-state index contributed by atoms with van der Waals surface area (Å²) in [4.78, 5) is 25.3. The zero-order valence-electron chi connectivity index (χ0n) is 10.4. The van der Waals surface area contributed by atoms with Gasteiger partial charge in [-0.1, -0.05) is 0 Å². The molecule has 7 heteroatoms. The van der Waals surface area contributed by atoms with Crippen molar-refractivity contribution in [3.63, 3.8) is 0 Å². The number of rotatable bonds is 2. The van der Waals surface area contributed by atoms with Gasteiger partial charge in [0.15, 0.2) is 6.10 Å². The van der Waals surface area contributed by atoms with E-state index in [0.29, 0.717) is 18.7 Å². The summed E-state index contributed by atoms with van der Waals surface area (Å²) in [5, 5.41) is 6.48. The number of ether oxygens (including phenoxy) is 1. The zero-order chi connectivity index (χ0) is 13.1. The molecule has 0 bridgehead atoms. The summed E-state index contributed by atoms with van der Waals surface area (Å²) >= 11 is 0. The van der Waals surface area contributed by atoms with Crippen LogP contribution < -0.4 is 5.32 Å². The summed E-state index contributed by atoms with van der Waals surface area (Å²) in [6, 6.07) is 0. The number of morpholine rings is 1. The molecule has 0 spiro atoms. The third-order valence-corrected chi connectivity index (χ3v) is 2.84. The lowest BCUT2D eigenvalue weighted by Crippen LogP contribution is -2.51. The molecular weight excluding hydrogens is 236 g/mol. The fraction of sp³-hybridized carbons (Fsp3) is 0.545. The summed E-state index contributed by atoms with van der Waals surface area (Å²) in [6.45, 7) is 1.12. The lowest BCUT2D eigenvalue weighted by Gasteiger charge is -2.31. The van der Waals surface area contributed by atoms with Crippen molar-refractivity contribution in [3.8, 4) is 0 Å². The van der Waals surface area contributed by atoms with E-state index in [1.54, 1.807) is 29.9 Å². The molecule has 2 rings (SSSR count). The molecule has 0 aliphatic carbocycles. The third-order valence-electron chi connectivity index (χ3n) is 2.84. The van der Waals surface area contributed by atoms with E-state index < -0.39 is 6.10 Å². The van der Waals surface area contributed by atoms with Crippen molar-refractivity contribution in [2.45, 2.75) is 6.10 Å². The second-order valence-corrected chi connectivity index (χ2v) is 4.13. The highest BCUT2D eigenvalue weighted by molar-refractivity contribution is 5.94. The Morgan fingerprint density at radius 3 is 2.94 bits per heavy atom. The average Bonchev–Trinajstić information content (AvgIpc) is 2.83. The molecule has 0 aromatic carbocycles. The summed E-state index contributed by atoms with van der Waals surface area (Å²) in [6.07, 6.45) is 2.59. The standard InChI is InChI=1S/C11H16N4O3/c1-12-10(16)9-7-15(3-4-18-9)11(17)8-5-13-14(2)6-8/h5-6,9H,3-4,7H2,1-2H3,(H,12,16)/t9-/m0/s1. The molecule has 1 N–H and O–H groups in total. The molecule has 98 valence electrons. The van der Waals surface area contributed by atoms with Gasteiger partial charge in [-0.2, -0.15) is 5.10 Å². The summed E-state index contributed by atoms with van der Waals surface area (Å²) in [5.74, 6) is -0.334. The van der Waals surface area contributed by atoms with Crippen LogP contribution in [0.5, 0.6) is 0 Å². The van der Waals surface area contributed by atoms with Gasteiger partial charge in [-0.15, -0.1) is 0 Å². The van der Waals surface area contributed by atoms with Gasteiger partial charge in [-0.3, -0.25) is 14.3 Å². The van der Waals surface area contributed by atoms with Crippen LogP contribution in [0.3, 0.4) is 0 Å². The van der Waals surface area contributed by atoms with Gasteiger partial charge in [0.05, 0.1) is 24.9 Å². The summed E-state index contributed by atoms with van der Waals surface area (Å²) in [7, 11) is 3.30. The van der Waals surface area contributed by atoms with E-state index in [1.165, 1.54) is 6.20 Å². The largest absolute Gasteiger partial charge is 0.365 e. The molecule has 1 aliphatic heterocycles. The summed E-state index contributed by atoms with van der Waals surface area (Å²) < 4.78 is 6.90. The Labute approximate surface area is 105 Å². The van der Waals surface area contributed by atoms with Gasteiger partial charge in [0.1, 0.15) is 0 Å². The molecule has 1 fully saturated rings. The molecule has 1 aromatic heterocycles. The highest BCUT2D eigenvalue weighted by Crippen LogP contribution is 2.10. The maximum absolute atomic E-state index is 12.2. The van der Waals surface area contributed by atoms with Crippen LogP contribution in [0.25, 0.3) is 0 Å². The molecule has 1 atom stereocenters. The lowest BCUT2D eigenvalue weighted by atomic mass is 10.2. The number of likely N-dealkylation sites (N-methyl/N-ethyl adjacent to an activating group) is 1. The Morgan fingerprint density at radius 2 is 2.33 bits per heavy atom. The van der Waals surface area contributed by atoms with Crippen LogP contribution in [0.1, 0.15) is 10.4 Å². The number of nitrogens with zero attached hydrogens (tertiary/aromatic N) is 3. The van der Waals surface area contributed by atoms with Gasteiger partial charge in [0.25, 0.3) is 11.8 Å². The van der Waals surface area contributed by atoms with Crippen LogP contribution in [0.2, 0.25) is 0 Å². The maximum Gasteiger partial charge on any atom is 0.257 e. The fourth-order valence-electron chi connectivity index (χ4n) is 1.87. The first kappa shape index (κ1) is 12.6. The Bertz CT molecular complexity index is 457. The molecule has 0 saturated carbocycles. The van der Waals surface area contributed by atoms with E-state index in [4.69, 9.17) is 4.74 Å². The maximum atomic E-state index is 12.2. The second kappa shape index (κ2) is 5.18. The second-order valence-electron chi connectivity index (χ2n) is 4.13. The average molecular weight is 252 g/mol. The van der Waals surface area contributed by atoms with Crippen molar-refractivity contribution in [1.82, 2.24) is 20.0 Å². The molecule has 0 radical (unpaired) electrons. The zero-order valence-corrected chi connectivity index (χ0v) is 10.4. The van der Waals surface area contributed by atoms with E-state index in [0.717, 1.165) is 0 Å². The van der Waals surface area contributed by atoms with Crippen LogP contribution in [-0.2, 0) is 16.6 Å². The number of nitrogens with one attached hydrogen (secondary N) is 1. The van der Waals surface area contributed by atoms with Crippen molar-refractivity contribution in [2.75, 3.05) is 26.7 Å². The number of carbonyl (C=O) groups excluding carboxylic acids is 2. The van der Waals surface area contributed by atoms with E-state index in [-0.39, 0.29) is 18.4 Å². The lowest BCUT2D eigenvalue weighted by molar-refractivity contribution is -0.136. The number of hydrogen-bond donors (Lipinski definition) is 1. The predicted molar refractivity (Wildman–Crippen MR) is 62.9 cm³/mol. The molecule has 1 aromatic rings. The third kappa shape index (κ3) is 2.51. The molecule has 7 nitrogen and oxygen atoms in total. The Hall–Kier alpha value is -1.89. The van der Waals surface area contributed by atoms with E-state index in [9.17, 15) is 9.59 Å².